The maximum atomic E-state index is 12.0. The van der Waals surface area contributed by atoms with E-state index in [2.05, 4.69) is 10.4 Å². The summed E-state index contributed by atoms with van der Waals surface area (Å²) in [5, 5.41) is 17.4. The standard InChI is InChI=1S/C19H16N4O4.C8H6ClNO3/c1-21-10-2-4-14-12(6-10)18-13(8-25-14)17(19(20)24)22-23(18)11-3-5-15-16(7-11)27-9-26-15;9-7-3-6(5-11)1-2-8(4-7)10(12)13/h2-7,21H,8-9H2,1H3,(H2,20,24);1-5,7H. The molecule has 0 saturated heterocycles. The van der Waals surface area contributed by atoms with E-state index in [0.29, 0.717) is 28.9 Å². The number of ether oxygens (including phenoxy) is 3. The van der Waals surface area contributed by atoms with Gasteiger partial charge in [0.05, 0.1) is 21.7 Å². The number of nitrogens with two attached hydrogens (primary N) is 1. The lowest BCUT2D eigenvalue weighted by molar-refractivity contribution is -0.419. The van der Waals surface area contributed by atoms with E-state index in [1.807, 2.05) is 43.4 Å². The number of aldehydes is 1. The number of anilines is 1. The SMILES string of the molecule is CNc1ccc2c(c1)-c1c(c(C(N)=O)nn1-c1ccc3c(c1)OCO3)CO2.O=CC1=CC(Cl)C=C([N+](=O)[O-])C=C1. The molecule has 2 aromatic carbocycles. The largest absolute Gasteiger partial charge is 0.488 e. The highest BCUT2D eigenvalue weighted by Crippen LogP contribution is 2.42. The van der Waals surface area contributed by atoms with Crippen molar-refractivity contribution < 1.29 is 28.7 Å². The van der Waals surface area contributed by atoms with Crippen LogP contribution in [0, 0.1) is 10.1 Å². The highest BCUT2D eigenvalue weighted by Gasteiger charge is 2.30. The lowest BCUT2D eigenvalue weighted by Crippen LogP contribution is -2.16. The van der Waals surface area contributed by atoms with Crippen molar-refractivity contribution in [3.05, 3.63) is 93.3 Å². The molecular formula is C27H22ClN5O7. The van der Waals surface area contributed by atoms with E-state index in [0.717, 1.165) is 28.4 Å². The molecule has 2 aliphatic heterocycles. The Balaban J connectivity index is 0.000000210. The molecule has 3 aromatic rings. The van der Waals surface area contributed by atoms with Crippen LogP contribution in [0.25, 0.3) is 16.9 Å². The number of amides is 1. The molecule has 40 heavy (non-hydrogen) atoms. The van der Waals surface area contributed by atoms with Gasteiger partial charge in [0.2, 0.25) is 6.79 Å². The van der Waals surface area contributed by atoms with Gasteiger partial charge in [0.25, 0.3) is 11.6 Å². The Bertz CT molecular complexity index is 1630. The lowest BCUT2D eigenvalue weighted by Gasteiger charge is -2.20. The molecule has 6 rings (SSSR count). The van der Waals surface area contributed by atoms with Crippen molar-refractivity contribution in [2.24, 2.45) is 5.73 Å². The highest BCUT2D eigenvalue weighted by molar-refractivity contribution is 6.23. The van der Waals surface area contributed by atoms with Crippen LogP contribution < -0.4 is 25.3 Å². The van der Waals surface area contributed by atoms with Gasteiger partial charge in [-0.3, -0.25) is 19.7 Å². The minimum absolute atomic E-state index is 0.104. The molecule has 3 aliphatic rings. The summed E-state index contributed by atoms with van der Waals surface area (Å²) >= 11 is 5.68. The summed E-state index contributed by atoms with van der Waals surface area (Å²) in [4.78, 5) is 32.2. The second-order valence-electron chi connectivity index (χ2n) is 8.65. The van der Waals surface area contributed by atoms with Crippen LogP contribution in [0.5, 0.6) is 17.2 Å². The van der Waals surface area contributed by atoms with Gasteiger partial charge in [-0.1, -0.05) is 6.08 Å². The first-order valence-corrected chi connectivity index (χ1v) is 12.3. The van der Waals surface area contributed by atoms with Gasteiger partial charge in [-0.25, -0.2) is 4.68 Å². The van der Waals surface area contributed by atoms with Crippen LogP contribution >= 0.6 is 11.6 Å². The number of primary amides is 1. The molecule has 13 heteroatoms. The molecule has 1 aromatic heterocycles. The van der Waals surface area contributed by atoms with Crippen LogP contribution in [0.1, 0.15) is 16.1 Å². The van der Waals surface area contributed by atoms with Crippen LogP contribution in [0.4, 0.5) is 5.69 Å². The van der Waals surface area contributed by atoms with Crippen LogP contribution in [-0.4, -0.2) is 46.1 Å². The number of nitrogens with one attached hydrogen (secondary N) is 1. The fourth-order valence-electron chi connectivity index (χ4n) is 4.30. The van der Waals surface area contributed by atoms with Gasteiger partial charge in [0.15, 0.2) is 17.2 Å². The van der Waals surface area contributed by atoms with Gasteiger partial charge in [-0.15, -0.1) is 11.6 Å². The molecule has 12 nitrogen and oxygen atoms in total. The number of halogens is 1. The minimum atomic E-state index is -0.615. The van der Waals surface area contributed by atoms with Crippen molar-refractivity contribution in [1.82, 2.24) is 9.78 Å². The maximum absolute atomic E-state index is 12.0. The molecule has 0 radical (unpaired) electrons. The van der Waals surface area contributed by atoms with Crippen molar-refractivity contribution in [1.29, 1.82) is 0 Å². The van der Waals surface area contributed by atoms with E-state index in [-0.39, 0.29) is 24.8 Å². The summed E-state index contributed by atoms with van der Waals surface area (Å²) in [6.07, 6.45) is 5.94. The number of nitrogens with zero attached hydrogens (tertiary/aromatic N) is 3. The third-order valence-electron chi connectivity index (χ3n) is 6.19. The fourth-order valence-corrected chi connectivity index (χ4v) is 4.57. The van der Waals surface area contributed by atoms with E-state index >= 15 is 0 Å². The average Bonchev–Trinajstić information content (AvgIpc) is 3.53. The second kappa shape index (κ2) is 10.9. The third kappa shape index (κ3) is 5.12. The van der Waals surface area contributed by atoms with Crippen LogP contribution in [0.15, 0.2) is 72.0 Å². The summed E-state index contributed by atoms with van der Waals surface area (Å²) in [5.41, 5.74) is 9.95. The Kier molecular flexibility index (Phi) is 7.25. The molecule has 1 unspecified atom stereocenters. The Hall–Kier alpha value is -5.10. The number of rotatable bonds is 5. The predicted molar refractivity (Wildman–Crippen MR) is 146 cm³/mol. The van der Waals surface area contributed by atoms with Crippen LogP contribution in [0.3, 0.4) is 0 Å². The summed E-state index contributed by atoms with van der Waals surface area (Å²) < 4.78 is 18.4. The zero-order chi connectivity index (χ0) is 28.4. The summed E-state index contributed by atoms with van der Waals surface area (Å²) in [6.45, 7) is 0.412. The van der Waals surface area contributed by atoms with E-state index in [9.17, 15) is 19.7 Å². The normalized spacial score (nSPS) is 16.1. The Morgan fingerprint density at radius 2 is 1.93 bits per heavy atom. The maximum Gasteiger partial charge on any atom is 0.269 e. The molecule has 3 heterocycles. The van der Waals surface area contributed by atoms with Gasteiger partial charge >= 0.3 is 0 Å². The summed E-state index contributed by atoms with van der Waals surface area (Å²) in [5.74, 6) is 1.44. The summed E-state index contributed by atoms with van der Waals surface area (Å²) in [6, 6.07) is 11.3. The first kappa shape index (κ1) is 26.5. The molecule has 204 valence electrons. The minimum Gasteiger partial charge on any atom is -0.488 e. The molecule has 0 fully saturated rings. The van der Waals surface area contributed by atoms with Crippen molar-refractivity contribution >= 4 is 29.5 Å². The van der Waals surface area contributed by atoms with Gasteiger partial charge in [0.1, 0.15) is 18.6 Å². The topological polar surface area (TPSA) is 161 Å². The number of hydrogen-bond donors (Lipinski definition) is 2. The third-order valence-corrected chi connectivity index (χ3v) is 6.44. The van der Waals surface area contributed by atoms with Crippen molar-refractivity contribution in [3.63, 3.8) is 0 Å². The predicted octanol–water partition coefficient (Wildman–Crippen LogP) is 3.75. The average molecular weight is 564 g/mol. The number of benzene rings is 2. The Morgan fingerprint density at radius 1 is 1.15 bits per heavy atom. The van der Waals surface area contributed by atoms with Gasteiger partial charge in [-0.05, 0) is 36.4 Å². The van der Waals surface area contributed by atoms with Crippen LogP contribution in [0.2, 0.25) is 0 Å². The highest BCUT2D eigenvalue weighted by atomic mass is 35.5. The molecule has 0 spiro atoms. The molecule has 1 aliphatic carbocycles. The molecule has 0 saturated carbocycles. The van der Waals surface area contributed by atoms with Crippen molar-refractivity contribution in [2.45, 2.75) is 12.0 Å². The fraction of sp³-hybridized carbons (Fsp3) is 0.148. The van der Waals surface area contributed by atoms with Crippen molar-refractivity contribution in [3.8, 4) is 34.2 Å². The van der Waals surface area contributed by atoms with E-state index in [4.69, 9.17) is 31.5 Å². The summed E-state index contributed by atoms with van der Waals surface area (Å²) in [7, 11) is 1.84. The monoisotopic (exact) mass is 563 g/mol. The Morgan fingerprint density at radius 3 is 2.65 bits per heavy atom. The van der Waals surface area contributed by atoms with Crippen LogP contribution in [-0.2, 0) is 11.4 Å². The van der Waals surface area contributed by atoms with Crippen molar-refractivity contribution in [2.75, 3.05) is 19.2 Å². The first-order chi connectivity index (χ1) is 19.3. The number of carbonyl (C=O) groups excluding carboxylic acids is 2. The molecule has 1 amide bonds. The van der Waals surface area contributed by atoms with Gasteiger partial charge < -0.3 is 25.3 Å². The number of nitro groups is 1. The molecule has 0 bridgehead atoms. The molecule has 3 N–H and O–H groups in total. The number of allylic oxidation sites excluding steroid dienone is 5. The van der Waals surface area contributed by atoms with Gasteiger partial charge in [0, 0.05) is 47.7 Å². The van der Waals surface area contributed by atoms with E-state index < -0.39 is 16.2 Å². The zero-order valence-corrected chi connectivity index (χ0v) is 21.8. The Labute approximate surface area is 232 Å². The zero-order valence-electron chi connectivity index (χ0n) is 21.0. The lowest BCUT2D eigenvalue weighted by atomic mass is 10.0. The number of fused-ring (bicyclic) bond motifs is 4. The number of hydrogen-bond acceptors (Lipinski definition) is 9. The number of aromatic nitrogens is 2. The second-order valence-corrected chi connectivity index (χ2v) is 9.15. The first-order valence-electron chi connectivity index (χ1n) is 11.9. The van der Waals surface area contributed by atoms with Gasteiger partial charge in [-0.2, -0.15) is 5.10 Å². The molecular weight excluding hydrogens is 542 g/mol. The number of carbonyl (C=O) groups is 2. The molecule has 1 atom stereocenters. The van der Waals surface area contributed by atoms with E-state index in [1.165, 1.54) is 24.3 Å². The van der Waals surface area contributed by atoms with E-state index in [1.54, 1.807) is 4.68 Å². The smallest absolute Gasteiger partial charge is 0.269 e. The quantitative estimate of drug-likeness (QED) is 0.204. The number of alkyl halides is 1.